The molecule has 5 aromatic carbocycles. The van der Waals surface area contributed by atoms with Crippen molar-refractivity contribution in [2.75, 3.05) is 37.8 Å². The van der Waals surface area contributed by atoms with E-state index in [-0.39, 0.29) is 5.91 Å². The molecule has 1 saturated heterocycles. The number of anilines is 2. The van der Waals surface area contributed by atoms with Gasteiger partial charge in [0.05, 0.1) is 182 Å². The molecule has 0 saturated carbocycles. The number of hydrogen-bond acceptors (Lipinski definition) is 24. The third-order valence-corrected chi connectivity index (χ3v) is 24.9. The first-order valence-electron chi connectivity index (χ1n) is 46.6. The molecule has 1 aliphatic heterocycles. The molecule has 1 amide bonds. The molecule has 0 aliphatic carbocycles. The second-order valence-electron chi connectivity index (χ2n) is 36.0. The molecule has 20 aromatic heterocycles. The lowest BCUT2D eigenvalue weighted by atomic mass is 10.0. The van der Waals surface area contributed by atoms with E-state index in [4.69, 9.17) is 19.9 Å². The first kappa shape index (κ1) is 88.1. The number of aromatic nitrogens is 32. The Morgan fingerprint density at radius 3 is 1.03 bits per heavy atom. The molecule has 37 heteroatoms. The zero-order chi connectivity index (χ0) is 96.9. The van der Waals surface area contributed by atoms with Crippen LogP contribution in [0, 0.1) is 27.7 Å². The van der Waals surface area contributed by atoms with Crippen molar-refractivity contribution in [2.45, 2.75) is 73.5 Å². The number of imidazole rings is 8. The van der Waals surface area contributed by atoms with Crippen LogP contribution in [0.15, 0.2) is 277 Å². The van der Waals surface area contributed by atoms with Crippen molar-refractivity contribution in [3.05, 3.63) is 316 Å². The molecule has 0 radical (unpaired) electrons. The quantitative estimate of drug-likeness (QED) is 0.0339. The Hall–Kier alpha value is -18.9. The van der Waals surface area contributed by atoms with Crippen molar-refractivity contribution in [3.63, 3.8) is 0 Å². The lowest BCUT2D eigenvalue weighted by molar-refractivity contribution is 0.102. The summed E-state index contributed by atoms with van der Waals surface area (Å²) in [6.45, 7) is 16.2. The summed E-state index contributed by atoms with van der Waals surface area (Å²) in [5.41, 5.74) is 33.2. The molecule has 1 aliphatic rings. The second-order valence-corrected chi connectivity index (χ2v) is 36.0. The van der Waals surface area contributed by atoms with Crippen LogP contribution in [0.2, 0.25) is 0 Å². The molecular formula is C106H92N36O. The topological polar surface area (TPSA) is 451 Å². The Bertz CT molecular complexity index is 8780. The van der Waals surface area contributed by atoms with Crippen LogP contribution in [0.5, 0.6) is 0 Å². The summed E-state index contributed by atoms with van der Waals surface area (Å²) in [5.74, 6) is 2.50. The van der Waals surface area contributed by atoms with E-state index in [1.54, 1.807) is 99.4 Å². The zero-order valence-electron chi connectivity index (χ0n) is 78.8. The van der Waals surface area contributed by atoms with Crippen molar-refractivity contribution >= 4 is 105 Å². The maximum atomic E-state index is 12.6. The summed E-state index contributed by atoms with van der Waals surface area (Å²) in [6.07, 6.45) is 46.5. The van der Waals surface area contributed by atoms with Gasteiger partial charge in [0.15, 0.2) is 23.3 Å². The van der Waals surface area contributed by atoms with E-state index in [0.717, 1.165) is 214 Å². The first-order chi connectivity index (χ1) is 69.9. The summed E-state index contributed by atoms with van der Waals surface area (Å²) in [5, 5.41) is 41.0. The van der Waals surface area contributed by atoms with Gasteiger partial charge >= 0.3 is 0 Å². The third-order valence-electron chi connectivity index (χ3n) is 24.9. The van der Waals surface area contributed by atoms with Gasteiger partial charge in [0.25, 0.3) is 5.91 Å². The van der Waals surface area contributed by atoms with Gasteiger partial charge in [-0.15, -0.1) is 0 Å². The molecular weight excluding hydrogens is 1790 g/mol. The minimum absolute atomic E-state index is 0.188. The number of nitrogens with one attached hydrogen (secondary N) is 10. The smallest absolute Gasteiger partial charge is 0.255 e. The van der Waals surface area contributed by atoms with Gasteiger partial charge in [-0.05, 0) is 200 Å². The number of fused-ring (bicyclic) bond motifs is 8. The molecule has 10 N–H and O–H groups in total. The van der Waals surface area contributed by atoms with Gasteiger partial charge < -0.3 is 53.7 Å². The van der Waals surface area contributed by atoms with Gasteiger partial charge in [0.2, 0.25) is 0 Å². The van der Waals surface area contributed by atoms with Crippen molar-refractivity contribution in [1.82, 2.24) is 169 Å². The number of aryl methyl sites for hydroxylation is 4. The maximum Gasteiger partial charge on any atom is 0.255 e. The Morgan fingerprint density at radius 2 is 0.685 bits per heavy atom. The van der Waals surface area contributed by atoms with Crippen LogP contribution >= 0.6 is 0 Å². The van der Waals surface area contributed by atoms with Crippen LogP contribution in [-0.2, 0) is 13.1 Å². The van der Waals surface area contributed by atoms with Crippen molar-refractivity contribution in [3.8, 4) is 113 Å². The van der Waals surface area contributed by atoms with Gasteiger partial charge in [0.1, 0.15) is 44.8 Å². The molecule has 37 nitrogen and oxygen atoms in total. The number of benzene rings is 5. The van der Waals surface area contributed by atoms with Crippen LogP contribution in [0.1, 0.15) is 70.9 Å². The number of hydrogen-bond donors (Lipinski definition) is 10. The fourth-order valence-electron chi connectivity index (χ4n) is 18.1. The minimum atomic E-state index is -0.188. The monoisotopic (exact) mass is 1880 g/mol. The number of carbonyl (C=O) groups excluding carboxylic acids is 1. The molecule has 143 heavy (non-hydrogen) atoms. The van der Waals surface area contributed by atoms with Crippen LogP contribution < -0.4 is 10.6 Å². The summed E-state index contributed by atoms with van der Waals surface area (Å²) >= 11 is 0. The van der Waals surface area contributed by atoms with Gasteiger partial charge in [-0.3, -0.25) is 70.0 Å². The number of likely N-dealkylation sites (tertiary alicyclic amines) is 1. The van der Waals surface area contributed by atoms with E-state index in [9.17, 15) is 4.79 Å². The van der Waals surface area contributed by atoms with Crippen molar-refractivity contribution < 1.29 is 4.79 Å². The van der Waals surface area contributed by atoms with Crippen molar-refractivity contribution in [2.24, 2.45) is 0 Å². The lowest BCUT2D eigenvalue weighted by Crippen LogP contribution is -2.18. The number of carbonyl (C=O) groups is 1. The molecule has 25 aromatic rings. The van der Waals surface area contributed by atoms with E-state index < -0.39 is 0 Å². The number of pyridine rings is 8. The second kappa shape index (κ2) is 37.5. The van der Waals surface area contributed by atoms with E-state index in [2.05, 4.69) is 230 Å². The average molecular weight is 1890 g/mol. The van der Waals surface area contributed by atoms with Gasteiger partial charge in [0, 0.05) is 137 Å². The number of amides is 1. The van der Waals surface area contributed by atoms with Crippen LogP contribution in [-0.4, -0.2) is 208 Å². The highest BCUT2D eigenvalue weighted by atomic mass is 16.1. The van der Waals surface area contributed by atoms with Crippen LogP contribution in [0.25, 0.3) is 201 Å². The molecule has 0 atom stereocenters. The highest BCUT2D eigenvalue weighted by Gasteiger charge is 2.25. The predicted molar refractivity (Wildman–Crippen MR) is 551 cm³/mol. The number of aromatic amines is 8. The highest BCUT2D eigenvalue weighted by Crippen LogP contribution is 2.39. The van der Waals surface area contributed by atoms with Gasteiger partial charge in [-0.2, -0.15) is 20.4 Å². The summed E-state index contributed by atoms with van der Waals surface area (Å²) in [6, 6.07) is 42.7. The van der Waals surface area contributed by atoms with E-state index in [1.165, 1.54) is 37.1 Å². The minimum Gasteiger partial charge on any atom is -0.382 e. The molecule has 0 bridgehead atoms. The molecule has 0 unspecified atom stereocenters. The SMILES string of the molecule is Cc1cn(-c2cncc3[nH]c(-c4n[nH]c5ccc(-c6cncc(CN(C)C)c6)cc45)nc23)cn1.Cc1cn(-c2cncc3[nH]c(-c4n[nH]c5ccc(-c6cncc(CN7CCCC7)c6)cc45)nc23)cn1.Cc1cn(-c2cncc3[nH]c(-c4n[nH]c5ccc(-c6cncc(NC(=O)c7ccccc7)c6)cc45)nc23)cn1.Cc1cn(-c2cncc3[nH]c(-c4n[nH]c5ccc(-c6cncc(NC(C)C)c6)cc45)nc23)cn1. The number of rotatable bonds is 20. The molecule has 26 rings (SSSR count). The van der Waals surface area contributed by atoms with E-state index >= 15 is 0 Å². The van der Waals surface area contributed by atoms with Crippen molar-refractivity contribution in [1.29, 1.82) is 0 Å². The van der Waals surface area contributed by atoms with Gasteiger partial charge in [-0.1, -0.05) is 42.5 Å². The van der Waals surface area contributed by atoms with Crippen LogP contribution in [0.4, 0.5) is 11.4 Å². The summed E-state index contributed by atoms with van der Waals surface area (Å²) < 4.78 is 7.72. The standard InChI is InChI=1S/C29H21N9O.C27H25N9.2C25H23N9/c1-17-15-38(16-32-17)25-14-31-13-24-27(25)35-28(34-24)26-22-10-19(7-8-23(22)36-37-26)20-9-21(12-30-11-20)33-29(39)18-5-3-2-4-6-18;1-17-14-36(16-30-17)24-13-29-12-23-26(24)32-27(31-23)25-21-9-19(4-5-22(21)33-34-25)20-8-18(10-28-11-20)15-35-6-2-3-7-35;1-15-12-34(14-28-15)22-11-27-10-21-24(22)30-25(29-21)23-19-7-17(4-5-20(19)31-32-23)18-6-16(8-26-9-18)13-33(2)3;1-14(2)29-18-6-17(8-26-9-18)16-4-5-20-19(7-16)23(33-32-20)25-30-21-10-27-11-22(24(21)31-25)34-12-15(3)28-13-34/h2-16H,1H3,(H,33,39)(H,34,35)(H,36,37);4-5,8-14,16H,2-3,6-7,15H2,1H3,(H,31,32)(H,33,34);4-12,14H,13H2,1-3H3,(H,29,30)(H,31,32);4-14,29H,1-3H3,(H,30,31)(H,32,33). The Kier molecular flexibility index (Phi) is 23.1. The Balaban J connectivity index is 0.000000106. The number of nitrogens with zero attached hydrogens (tertiary/aromatic N) is 26. The fourth-order valence-corrected chi connectivity index (χ4v) is 18.1. The fraction of sp³-hybridized carbons (Fsp3) is 0.142. The molecule has 702 valence electrons. The Morgan fingerprint density at radius 1 is 0.357 bits per heavy atom. The van der Waals surface area contributed by atoms with E-state index in [0.29, 0.717) is 46.3 Å². The molecule has 1 fully saturated rings. The average Bonchev–Trinajstić information content (AvgIpc) is 1.62. The van der Waals surface area contributed by atoms with Crippen LogP contribution in [0.3, 0.4) is 0 Å². The lowest BCUT2D eigenvalue weighted by Gasteiger charge is -2.14. The maximum absolute atomic E-state index is 12.6. The first-order valence-corrected chi connectivity index (χ1v) is 46.6. The summed E-state index contributed by atoms with van der Waals surface area (Å²) in [7, 11) is 4.11. The third kappa shape index (κ3) is 18.1. The normalized spacial score (nSPS) is 12.3. The largest absolute Gasteiger partial charge is 0.382 e. The van der Waals surface area contributed by atoms with E-state index in [1.807, 2.05) is 163 Å². The number of H-pyrrole nitrogens is 8. The molecule has 21 heterocycles. The Labute approximate surface area is 814 Å². The molecule has 0 spiro atoms. The summed E-state index contributed by atoms with van der Waals surface area (Å²) in [4.78, 5) is 103. The zero-order valence-corrected chi connectivity index (χ0v) is 78.8. The highest BCUT2D eigenvalue weighted by molar-refractivity contribution is 6.05. The predicted octanol–water partition coefficient (Wildman–Crippen LogP) is 19.0. The van der Waals surface area contributed by atoms with Gasteiger partial charge in [-0.25, -0.2) is 39.9 Å².